The molecule has 0 spiro atoms. The van der Waals surface area contributed by atoms with E-state index in [9.17, 15) is 0 Å². The highest BCUT2D eigenvalue weighted by Crippen LogP contribution is 2.21. The average molecular weight is 256 g/mol. The van der Waals surface area contributed by atoms with Gasteiger partial charge in [-0.2, -0.15) is 0 Å². The third kappa shape index (κ3) is 2.55. The normalized spacial score (nSPS) is 10.7. The van der Waals surface area contributed by atoms with Crippen LogP contribution in [0.5, 0.6) is 0 Å². The zero-order valence-electron chi connectivity index (χ0n) is 8.53. The van der Waals surface area contributed by atoms with Crippen LogP contribution in [-0.4, -0.2) is 9.55 Å². The second-order valence-electron chi connectivity index (χ2n) is 3.48. The molecule has 0 amide bonds. The van der Waals surface area contributed by atoms with Gasteiger partial charge in [-0.15, -0.1) is 0 Å². The van der Waals surface area contributed by atoms with E-state index in [1.165, 1.54) is 0 Å². The smallest absolute Gasteiger partial charge is 0.0953 e. The molecule has 0 unspecified atom stereocenters. The van der Waals surface area contributed by atoms with Crippen molar-refractivity contribution in [3.63, 3.8) is 0 Å². The van der Waals surface area contributed by atoms with Crippen LogP contribution in [0, 0.1) is 0 Å². The lowest BCUT2D eigenvalue weighted by molar-refractivity contribution is 0.796. The van der Waals surface area contributed by atoms with Gasteiger partial charge in [-0.3, -0.25) is 0 Å². The van der Waals surface area contributed by atoms with Crippen molar-refractivity contribution in [1.29, 1.82) is 0 Å². The van der Waals surface area contributed by atoms with Gasteiger partial charge in [0.25, 0.3) is 0 Å². The van der Waals surface area contributed by atoms with Crippen molar-refractivity contribution >= 4 is 23.2 Å². The summed E-state index contributed by atoms with van der Waals surface area (Å²) in [5.74, 6) is 0. The number of halogens is 2. The maximum atomic E-state index is 6.08. The monoisotopic (exact) mass is 255 g/mol. The van der Waals surface area contributed by atoms with Gasteiger partial charge in [-0.25, -0.2) is 4.98 Å². The first-order chi connectivity index (χ1) is 7.69. The van der Waals surface area contributed by atoms with E-state index < -0.39 is 0 Å². The zero-order valence-corrected chi connectivity index (χ0v) is 10.0. The van der Waals surface area contributed by atoms with Crippen molar-refractivity contribution in [2.45, 2.75) is 13.1 Å². The van der Waals surface area contributed by atoms with Crippen LogP contribution in [0.2, 0.25) is 10.0 Å². The van der Waals surface area contributed by atoms with Gasteiger partial charge >= 0.3 is 0 Å². The first kappa shape index (κ1) is 11.5. The number of imidazole rings is 1. The predicted octanol–water partition coefficient (Wildman–Crippen LogP) is 2.70. The maximum absolute atomic E-state index is 6.08. The van der Waals surface area contributed by atoms with Crippen molar-refractivity contribution in [2.24, 2.45) is 5.73 Å². The van der Waals surface area contributed by atoms with Gasteiger partial charge in [-0.05, 0) is 17.7 Å². The molecule has 0 bridgehead atoms. The molecule has 1 heterocycles. The SMILES string of the molecule is NCc1cn(Cc2ccc(Cl)cc2Cl)cn1. The minimum atomic E-state index is 0.446. The van der Waals surface area contributed by atoms with Crippen LogP contribution >= 0.6 is 23.2 Å². The second kappa shape index (κ2) is 4.87. The Bertz CT molecular complexity index is 494. The molecular weight excluding hydrogens is 245 g/mol. The number of benzene rings is 1. The fraction of sp³-hybridized carbons (Fsp3) is 0.182. The Morgan fingerprint density at radius 3 is 2.75 bits per heavy atom. The molecule has 2 rings (SSSR count). The van der Waals surface area contributed by atoms with Crippen LogP contribution < -0.4 is 5.73 Å². The Kier molecular flexibility index (Phi) is 3.49. The quantitative estimate of drug-likeness (QED) is 0.917. The number of rotatable bonds is 3. The van der Waals surface area contributed by atoms with E-state index in [1.807, 2.05) is 22.9 Å². The summed E-state index contributed by atoms with van der Waals surface area (Å²) >= 11 is 11.9. The summed E-state index contributed by atoms with van der Waals surface area (Å²) in [5, 5.41) is 1.30. The Balaban J connectivity index is 2.20. The molecule has 2 N–H and O–H groups in total. The number of nitrogens with zero attached hydrogens (tertiary/aromatic N) is 2. The third-order valence-electron chi connectivity index (χ3n) is 2.26. The summed E-state index contributed by atoms with van der Waals surface area (Å²) < 4.78 is 1.94. The minimum absolute atomic E-state index is 0.446. The lowest BCUT2D eigenvalue weighted by Crippen LogP contribution is -1.98. The van der Waals surface area contributed by atoms with Gasteiger partial charge in [-0.1, -0.05) is 29.3 Å². The fourth-order valence-electron chi connectivity index (χ4n) is 1.44. The molecular formula is C11H11Cl2N3. The molecule has 0 saturated heterocycles. The number of hydrogen-bond donors (Lipinski definition) is 1. The van der Waals surface area contributed by atoms with Gasteiger partial charge in [0.05, 0.1) is 12.0 Å². The summed E-state index contributed by atoms with van der Waals surface area (Å²) in [6.07, 6.45) is 3.65. The minimum Gasteiger partial charge on any atom is -0.333 e. The van der Waals surface area contributed by atoms with Crippen LogP contribution in [0.25, 0.3) is 0 Å². The molecule has 1 aromatic carbocycles. The fourth-order valence-corrected chi connectivity index (χ4v) is 1.91. The molecule has 0 radical (unpaired) electrons. The first-order valence-electron chi connectivity index (χ1n) is 4.83. The highest BCUT2D eigenvalue weighted by atomic mass is 35.5. The molecule has 1 aromatic heterocycles. The molecule has 3 nitrogen and oxygen atoms in total. The number of hydrogen-bond acceptors (Lipinski definition) is 2. The Hall–Kier alpha value is -1.03. The molecule has 0 saturated carbocycles. The van der Waals surface area contributed by atoms with E-state index in [-0.39, 0.29) is 0 Å². The number of aromatic nitrogens is 2. The Labute approximate surface area is 104 Å². The van der Waals surface area contributed by atoms with Crippen LogP contribution in [0.15, 0.2) is 30.7 Å². The van der Waals surface area contributed by atoms with Gasteiger partial charge in [0.15, 0.2) is 0 Å². The molecule has 2 aromatic rings. The topological polar surface area (TPSA) is 43.8 Å². The van der Waals surface area contributed by atoms with Gasteiger partial charge in [0.1, 0.15) is 0 Å². The van der Waals surface area contributed by atoms with E-state index in [2.05, 4.69) is 4.98 Å². The van der Waals surface area contributed by atoms with E-state index >= 15 is 0 Å². The van der Waals surface area contributed by atoms with E-state index in [1.54, 1.807) is 12.4 Å². The van der Waals surface area contributed by atoms with Crippen molar-refractivity contribution in [3.05, 3.63) is 52.0 Å². The summed E-state index contributed by atoms with van der Waals surface area (Å²) in [7, 11) is 0. The molecule has 16 heavy (non-hydrogen) atoms. The van der Waals surface area contributed by atoms with Gasteiger partial charge in [0.2, 0.25) is 0 Å². The maximum Gasteiger partial charge on any atom is 0.0953 e. The second-order valence-corrected chi connectivity index (χ2v) is 4.32. The van der Waals surface area contributed by atoms with Crippen LogP contribution in [0.1, 0.15) is 11.3 Å². The summed E-state index contributed by atoms with van der Waals surface area (Å²) in [6, 6.07) is 5.47. The highest BCUT2D eigenvalue weighted by molar-refractivity contribution is 6.35. The Morgan fingerprint density at radius 2 is 2.12 bits per heavy atom. The summed E-state index contributed by atoms with van der Waals surface area (Å²) in [4.78, 5) is 4.15. The first-order valence-corrected chi connectivity index (χ1v) is 5.59. The molecule has 0 aliphatic heterocycles. The van der Waals surface area contributed by atoms with E-state index in [0.29, 0.717) is 23.1 Å². The molecule has 0 fully saturated rings. The van der Waals surface area contributed by atoms with Crippen molar-refractivity contribution in [3.8, 4) is 0 Å². The van der Waals surface area contributed by atoms with Crippen molar-refractivity contribution in [2.75, 3.05) is 0 Å². The molecule has 0 aliphatic rings. The van der Waals surface area contributed by atoms with E-state index in [4.69, 9.17) is 28.9 Å². The standard InChI is InChI=1S/C11H11Cl2N3/c12-9-2-1-8(11(13)3-9)5-16-6-10(4-14)15-7-16/h1-3,6-7H,4-5,14H2. The molecule has 0 aliphatic carbocycles. The van der Waals surface area contributed by atoms with Crippen molar-refractivity contribution < 1.29 is 0 Å². The Morgan fingerprint density at radius 1 is 1.31 bits per heavy atom. The van der Waals surface area contributed by atoms with Crippen LogP contribution in [0.3, 0.4) is 0 Å². The average Bonchev–Trinajstić information content (AvgIpc) is 2.70. The van der Waals surface area contributed by atoms with Crippen LogP contribution in [-0.2, 0) is 13.1 Å². The van der Waals surface area contributed by atoms with Gasteiger partial charge < -0.3 is 10.3 Å². The summed E-state index contributed by atoms with van der Waals surface area (Å²) in [5.41, 5.74) is 7.36. The lowest BCUT2D eigenvalue weighted by Gasteiger charge is -2.05. The van der Waals surface area contributed by atoms with Gasteiger partial charge in [0, 0.05) is 29.3 Å². The zero-order chi connectivity index (χ0) is 11.5. The molecule has 84 valence electrons. The highest BCUT2D eigenvalue weighted by Gasteiger charge is 2.03. The predicted molar refractivity (Wildman–Crippen MR) is 65.7 cm³/mol. The summed E-state index contributed by atoms with van der Waals surface area (Å²) in [6.45, 7) is 1.12. The van der Waals surface area contributed by atoms with Crippen LogP contribution in [0.4, 0.5) is 0 Å². The molecule has 5 heteroatoms. The van der Waals surface area contributed by atoms with E-state index in [0.717, 1.165) is 11.3 Å². The van der Waals surface area contributed by atoms with Crippen molar-refractivity contribution in [1.82, 2.24) is 9.55 Å². The largest absolute Gasteiger partial charge is 0.333 e. The third-order valence-corrected chi connectivity index (χ3v) is 2.85. The number of nitrogens with two attached hydrogens (primary N) is 1. The molecule has 0 atom stereocenters. The lowest BCUT2D eigenvalue weighted by atomic mass is 10.2.